The predicted molar refractivity (Wildman–Crippen MR) is 101 cm³/mol. The van der Waals surface area contributed by atoms with E-state index in [1.807, 2.05) is 0 Å². The number of carbonyl (C=O) groups excluding carboxylic acids is 2. The number of anilines is 2. The Morgan fingerprint density at radius 3 is 2.52 bits per heavy atom. The molecular formula is C19H17ClN2O5. The highest BCUT2D eigenvalue weighted by Crippen LogP contribution is 2.36. The van der Waals surface area contributed by atoms with Gasteiger partial charge in [-0.2, -0.15) is 0 Å². The van der Waals surface area contributed by atoms with E-state index in [-0.39, 0.29) is 17.2 Å². The molecule has 3 rings (SSSR count). The average Bonchev–Trinajstić information content (AvgIpc) is 2.63. The fourth-order valence-corrected chi connectivity index (χ4v) is 2.92. The third-order valence-corrected chi connectivity index (χ3v) is 4.49. The van der Waals surface area contributed by atoms with Crippen molar-refractivity contribution in [3.8, 4) is 5.75 Å². The maximum atomic E-state index is 12.7. The molecule has 8 heteroatoms. The largest absolute Gasteiger partial charge is 0.479 e. The highest BCUT2D eigenvalue weighted by atomic mass is 35.5. The Balaban J connectivity index is 1.90. The van der Waals surface area contributed by atoms with Crippen molar-refractivity contribution >= 4 is 40.8 Å². The van der Waals surface area contributed by atoms with Crippen LogP contribution in [0.15, 0.2) is 42.5 Å². The number of carbonyl (C=O) groups is 3. The molecule has 0 saturated carbocycles. The first-order chi connectivity index (χ1) is 12.8. The van der Waals surface area contributed by atoms with Crippen molar-refractivity contribution in [2.45, 2.75) is 26.0 Å². The molecule has 0 radical (unpaired) electrons. The lowest BCUT2D eigenvalue weighted by Crippen LogP contribution is -2.52. The van der Waals surface area contributed by atoms with Crippen LogP contribution in [0.4, 0.5) is 11.4 Å². The number of nitrogens with one attached hydrogen (secondary N) is 1. The van der Waals surface area contributed by atoms with Crippen LogP contribution in [-0.4, -0.2) is 35.0 Å². The van der Waals surface area contributed by atoms with E-state index < -0.39 is 24.0 Å². The van der Waals surface area contributed by atoms with Crippen LogP contribution in [0.1, 0.15) is 24.2 Å². The number of halogens is 1. The first-order valence-corrected chi connectivity index (χ1v) is 8.59. The van der Waals surface area contributed by atoms with E-state index in [1.54, 1.807) is 38.1 Å². The molecule has 0 spiro atoms. The molecule has 1 aliphatic rings. The molecule has 0 aliphatic carbocycles. The molecule has 2 atom stereocenters. The van der Waals surface area contributed by atoms with Crippen LogP contribution in [0, 0.1) is 0 Å². The maximum Gasteiger partial charge on any atom is 0.335 e. The SMILES string of the molecule is CC1Oc2cc(C(=O)O)ccc2N(C(C)C(=O)Nc2ccc(Cl)cc2)C1=O. The van der Waals surface area contributed by atoms with Crippen LogP contribution in [0.25, 0.3) is 0 Å². The van der Waals surface area contributed by atoms with E-state index in [9.17, 15) is 14.4 Å². The molecule has 1 heterocycles. The minimum atomic E-state index is -1.11. The van der Waals surface area contributed by atoms with Crippen LogP contribution in [0.2, 0.25) is 5.02 Å². The Labute approximate surface area is 160 Å². The summed E-state index contributed by atoms with van der Waals surface area (Å²) in [5, 5.41) is 12.4. The lowest BCUT2D eigenvalue weighted by molar-refractivity contribution is -0.128. The van der Waals surface area contributed by atoms with Crippen LogP contribution in [0.5, 0.6) is 5.75 Å². The van der Waals surface area contributed by atoms with Crippen LogP contribution in [-0.2, 0) is 9.59 Å². The number of benzene rings is 2. The highest BCUT2D eigenvalue weighted by molar-refractivity contribution is 6.30. The van der Waals surface area contributed by atoms with E-state index in [0.29, 0.717) is 16.4 Å². The molecule has 2 aromatic carbocycles. The standard InChI is InChI=1S/C19H17ClN2O5/c1-10(17(23)21-14-6-4-13(20)5-7-14)22-15-8-3-12(19(25)26)9-16(15)27-11(2)18(22)24/h3-11H,1-2H3,(H,21,23)(H,25,26). The number of carboxylic acid groups (broad SMARTS) is 1. The van der Waals surface area contributed by atoms with Crippen LogP contribution in [0.3, 0.4) is 0 Å². The lowest BCUT2D eigenvalue weighted by atomic mass is 10.1. The number of hydrogen-bond donors (Lipinski definition) is 2. The number of ether oxygens (including phenoxy) is 1. The predicted octanol–water partition coefficient (Wildman–Crippen LogP) is 3.18. The minimum absolute atomic E-state index is 0.0357. The summed E-state index contributed by atoms with van der Waals surface area (Å²) < 4.78 is 5.53. The summed E-state index contributed by atoms with van der Waals surface area (Å²) in [4.78, 5) is 37.8. The molecule has 2 aromatic rings. The number of amides is 2. The quantitative estimate of drug-likeness (QED) is 0.838. The van der Waals surface area contributed by atoms with Gasteiger partial charge in [0, 0.05) is 10.7 Å². The fourth-order valence-electron chi connectivity index (χ4n) is 2.79. The van der Waals surface area contributed by atoms with Crippen molar-refractivity contribution in [3.05, 3.63) is 53.1 Å². The molecule has 7 nitrogen and oxygen atoms in total. The first-order valence-electron chi connectivity index (χ1n) is 8.21. The third kappa shape index (κ3) is 3.73. The molecule has 1 aliphatic heterocycles. The van der Waals surface area contributed by atoms with E-state index in [0.717, 1.165) is 0 Å². The van der Waals surface area contributed by atoms with Crippen molar-refractivity contribution in [1.29, 1.82) is 0 Å². The van der Waals surface area contributed by atoms with Gasteiger partial charge in [-0.1, -0.05) is 11.6 Å². The number of carboxylic acids is 1. The van der Waals surface area contributed by atoms with Crippen molar-refractivity contribution in [3.63, 3.8) is 0 Å². The fraction of sp³-hybridized carbons (Fsp3) is 0.211. The Kier molecular flexibility index (Phi) is 5.05. The number of nitrogens with zero attached hydrogens (tertiary/aromatic N) is 1. The highest BCUT2D eigenvalue weighted by Gasteiger charge is 2.37. The van der Waals surface area contributed by atoms with Crippen LogP contribution < -0.4 is 15.0 Å². The Morgan fingerprint density at radius 1 is 1.22 bits per heavy atom. The Bertz CT molecular complexity index is 913. The second kappa shape index (κ2) is 7.28. The van der Waals surface area contributed by atoms with E-state index in [4.69, 9.17) is 21.4 Å². The summed E-state index contributed by atoms with van der Waals surface area (Å²) in [6, 6.07) is 9.94. The number of aromatic carboxylic acids is 1. The third-order valence-electron chi connectivity index (χ3n) is 4.23. The maximum absolute atomic E-state index is 12.7. The first kappa shape index (κ1) is 18.7. The van der Waals surface area contributed by atoms with E-state index in [1.165, 1.54) is 23.1 Å². The van der Waals surface area contributed by atoms with Gasteiger partial charge in [0.2, 0.25) is 5.91 Å². The molecule has 0 aromatic heterocycles. The lowest BCUT2D eigenvalue weighted by Gasteiger charge is -2.36. The molecule has 2 N–H and O–H groups in total. The summed E-state index contributed by atoms with van der Waals surface area (Å²) in [6.07, 6.45) is -0.840. The minimum Gasteiger partial charge on any atom is -0.479 e. The summed E-state index contributed by atoms with van der Waals surface area (Å²) in [5.74, 6) is -1.64. The number of hydrogen-bond acceptors (Lipinski definition) is 4. The summed E-state index contributed by atoms with van der Waals surface area (Å²) in [5.41, 5.74) is 0.932. The molecule has 0 saturated heterocycles. The monoisotopic (exact) mass is 388 g/mol. The number of fused-ring (bicyclic) bond motifs is 1. The molecule has 2 amide bonds. The smallest absolute Gasteiger partial charge is 0.335 e. The zero-order chi connectivity index (χ0) is 19.7. The van der Waals surface area contributed by atoms with Gasteiger partial charge in [0.15, 0.2) is 6.10 Å². The van der Waals surface area contributed by atoms with Crippen LogP contribution >= 0.6 is 11.6 Å². The molecule has 0 bridgehead atoms. The van der Waals surface area contributed by atoms with Gasteiger partial charge >= 0.3 is 5.97 Å². The van der Waals surface area contributed by atoms with Crippen molar-refractivity contribution in [2.24, 2.45) is 0 Å². The topological polar surface area (TPSA) is 95.9 Å². The van der Waals surface area contributed by atoms with E-state index in [2.05, 4.69) is 5.32 Å². The molecule has 0 fully saturated rings. The van der Waals surface area contributed by atoms with Gasteiger partial charge in [0.05, 0.1) is 11.3 Å². The van der Waals surface area contributed by atoms with Gasteiger partial charge in [-0.3, -0.25) is 14.5 Å². The zero-order valence-electron chi connectivity index (χ0n) is 14.6. The average molecular weight is 389 g/mol. The Morgan fingerprint density at radius 2 is 1.89 bits per heavy atom. The van der Waals surface area contributed by atoms with E-state index >= 15 is 0 Å². The molecule has 27 heavy (non-hydrogen) atoms. The molecule has 2 unspecified atom stereocenters. The zero-order valence-corrected chi connectivity index (χ0v) is 15.4. The number of rotatable bonds is 4. The molecule has 140 valence electrons. The van der Waals surface area contributed by atoms with Gasteiger partial charge < -0.3 is 15.2 Å². The van der Waals surface area contributed by atoms with Gasteiger partial charge in [-0.15, -0.1) is 0 Å². The second-order valence-electron chi connectivity index (χ2n) is 6.13. The van der Waals surface area contributed by atoms with Crippen molar-refractivity contribution in [2.75, 3.05) is 10.2 Å². The summed E-state index contributed by atoms with van der Waals surface area (Å²) in [6.45, 7) is 3.14. The van der Waals surface area contributed by atoms with Crippen molar-refractivity contribution in [1.82, 2.24) is 0 Å². The van der Waals surface area contributed by atoms with Gasteiger partial charge in [0.25, 0.3) is 5.91 Å². The van der Waals surface area contributed by atoms with Crippen molar-refractivity contribution < 1.29 is 24.2 Å². The van der Waals surface area contributed by atoms with Gasteiger partial charge in [-0.25, -0.2) is 4.79 Å². The second-order valence-corrected chi connectivity index (χ2v) is 6.56. The Hall–Kier alpha value is -3.06. The molecular weight excluding hydrogens is 372 g/mol. The summed E-state index contributed by atoms with van der Waals surface area (Å²) >= 11 is 5.84. The van der Waals surface area contributed by atoms with Gasteiger partial charge in [0.1, 0.15) is 11.8 Å². The normalized spacial score (nSPS) is 16.9. The summed E-state index contributed by atoms with van der Waals surface area (Å²) in [7, 11) is 0. The van der Waals surface area contributed by atoms with Gasteiger partial charge in [-0.05, 0) is 56.3 Å².